The SMILES string of the molecule is COCCOC(=O)C1=C(C)NC(C)=C(C(=O)OCCN2CCN(c3ccc(Cl)cc3)CC2)C1c1cccc([N+](=O)[O-])c1. The van der Waals surface area contributed by atoms with Crippen molar-refractivity contribution in [1.82, 2.24) is 10.2 Å². The van der Waals surface area contributed by atoms with Gasteiger partial charge >= 0.3 is 11.9 Å². The van der Waals surface area contributed by atoms with Crippen molar-refractivity contribution < 1.29 is 28.7 Å². The molecule has 0 saturated carbocycles. The molecule has 42 heavy (non-hydrogen) atoms. The van der Waals surface area contributed by atoms with E-state index in [4.69, 9.17) is 25.8 Å². The fourth-order valence-corrected chi connectivity index (χ4v) is 5.33. The number of hydrogen-bond donors (Lipinski definition) is 1. The van der Waals surface area contributed by atoms with E-state index in [2.05, 4.69) is 15.1 Å². The third-order valence-corrected chi connectivity index (χ3v) is 7.59. The average molecular weight is 599 g/mol. The molecule has 2 aliphatic heterocycles. The number of nitro groups is 1. The Morgan fingerprint density at radius 1 is 0.952 bits per heavy atom. The Balaban J connectivity index is 1.47. The van der Waals surface area contributed by atoms with Crippen LogP contribution in [0.1, 0.15) is 25.3 Å². The summed E-state index contributed by atoms with van der Waals surface area (Å²) in [6, 6.07) is 13.7. The molecule has 1 atom stereocenters. The first-order chi connectivity index (χ1) is 20.2. The Morgan fingerprint density at radius 3 is 2.17 bits per heavy atom. The number of allylic oxidation sites excluding steroid dienone is 2. The highest BCUT2D eigenvalue weighted by atomic mass is 35.5. The highest BCUT2D eigenvalue weighted by molar-refractivity contribution is 6.30. The summed E-state index contributed by atoms with van der Waals surface area (Å²) >= 11 is 6.01. The van der Waals surface area contributed by atoms with Crippen molar-refractivity contribution in [3.8, 4) is 0 Å². The maximum Gasteiger partial charge on any atom is 0.336 e. The van der Waals surface area contributed by atoms with Crippen LogP contribution in [-0.2, 0) is 23.8 Å². The molecule has 1 unspecified atom stereocenters. The number of nitrogens with one attached hydrogen (secondary N) is 1. The molecular weight excluding hydrogens is 564 g/mol. The van der Waals surface area contributed by atoms with E-state index in [1.165, 1.54) is 25.3 Å². The number of dihydropyridines is 1. The quantitative estimate of drug-likeness (QED) is 0.175. The van der Waals surface area contributed by atoms with Gasteiger partial charge < -0.3 is 24.4 Å². The number of anilines is 1. The van der Waals surface area contributed by atoms with Crippen molar-refractivity contribution in [2.75, 3.05) is 64.6 Å². The molecule has 0 aliphatic carbocycles. The van der Waals surface area contributed by atoms with Gasteiger partial charge in [0, 0.05) is 74.1 Å². The van der Waals surface area contributed by atoms with E-state index >= 15 is 0 Å². The highest BCUT2D eigenvalue weighted by Crippen LogP contribution is 2.40. The molecule has 1 saturated heterocycles. The largest absolute Gasteiger partial charge is 0.461 e. The minimum absolute atomic E-state index is 0.0154. The number of methoxy groups -OCH3 is 1. The van der Waals surface area contributed by atoms with Crippen LogP contribution >= 0.6 is 11.6 Å². The summed E-state index contributed by atoms with van der Waals surface area (Å²) < 4.78 is 16.1. The number of nitro benzene ring substituents is 1. The molecule has 2 aromatic carbocycles. The molecule has 1 N–H and O–H groups in total. The molecule has 0 radical (unpaired) electrons. The zero-order valence-electron chi connectivity index (χ0n) is 23.9. The second kappa shape index (κ2) is 14.3. The zero-order valence-corrected chi connectivity index (χ0v) is 24.7. The Morgan fingerprint density at radius 2 is 1.57 bits per heavy atom. The average Bonchev–Trinajstić information content (AvgIpc) is 2.97. The van der Waals surface area contributed by atoms with Gasteiger partial charge in [-0.1, -0.05) is 23.7 Å². The molecule has 224 valence electrons. The monoisotopic (exact) mass is 598 g/mol. The Hall–Kier alpha value is -3.93. The molecule has 2 aromatic rings. The normalized spacial score (nSPS) is 17.6. The summed E-state index contributed by atoms with van der Waals surface area (Å²) in [6.45, 7) is 7.59. The van der Waals surface area contributed by atoms with E-state index in [1.807, 2.05) is 24.3 Å². The van der Waals surface area contributed by atoms with E-state index in [-0.39, 0.29) is 36.7 Å². The van der Waals surface area contributed by atoms with Crippen LogP contribution in [0.25, 0.3) is 0 Å². The number of benzene rings is 2. The lowest BCUT2D eigenvalue weighted by molar-refractivity contribution is -0.384. The first kappa shape index (κ1) is 31.0. The van der Waals surface area contributed by atoms with Gasteiger partial charge in [-0.05, 0) is 43.7 Å². The molecule has 2 aliphatic rings. The predicted molar refractivity (Wildman–Crippen MR) is 158 cm³/mol. The molecule has 2 heterocycles. The summed E-state index contributed by atoms with van der Waals surface area (Å²) in [5.74, 6) is -2.17. The van der Waals surface area contributed by atoms with Crippen molar-refractivity contribution in [3.63, 3.8) is 0 Å². The summed E-state index contributed by atoms with van der Waals surface area (Å²) in [7, 11) is 1.49. The molecule has 0 bridgehead atoms. The van der Waals surface area contributed by atoms with Crippen molar-refractivity contribution in [1.29, 1.82) is 0 Å². The fourth-order valence-electron chi connectivity index (χ4n) is 5.21. The smallest absolute Gasteiger partial charge is 0.336 e. The Kier molecular flexibility index (Phi) is 10.6. The summed E-state index contributed by atoms with van der Waals surface area (Å²) in [4.78, 5) is 42.3. The number of piperazine rings is 1. The van der Waals surface area contributed by atoms with Gasteiger partial charge in [0.25, 0.3) is 5.69 Å². The van der Waals surface area contributed by atoms with Crippen LogP contribution in [0.5, 0.6) is 0 Å². The highest BCUT2D eigenvalue weighted by Gasteiger charge is 2.38. The van der Waals surface area contributed by atoms with Gasteiger partial charge in [0.1, 0.15) is 13.2 Å². The lowest BCUT2D eigenvalue weighted by atomic mass is 9.80. The van der Waals surface area contributed by atoms with E-state index in [9.17, 15) is 19.7 Å². The van der Waals surface area contributed by atoms with Gasteiger partial charge in [-0.25, -0.2) is 9.59 Å². The minimum Gasteiger partial charge on any atom is -0.461 e. The number of rotatable bonds is 11. The fraction of sp³-hybridized carbons (Fsp3) is 0.400. The topological polar surface area (TPSA) is 123 Å². The molecule has 11 nitrogen and oxygen atoms in total. The number of non-ortho nitro benzene ring substituents is 1. The molecule has 0 spiro atoms. The number of carbonyl (C=O) groups excluding carboxylic acids is 2. The van der Waals surface area contributed by atoms with Crippen LogP contribution in [0.3, 0.4) is 0 Å². The first-order valence-electron chi connectivity index (χ1n) is 13.7. The third kappa shape index (κ3) is 7.47. The van der Waals surface area contributed by atoms with Gasteiger partial charge in [0.2, 0.25) is 0 Å². The second-order valence-electron chi connectivity index (χ2n) is 10.1. The van der Waals surface area contributed by atoms with Crippen LogP contribution in [-0.4, -0.2) is 81.4 Å². The van der Waals surface area contributed by atoms with Crippen molar-refractivity contribution in [2.24, 2.45) is 0 Å². The maximum absolute atomic E-state index is 13.6. The van der Waals surface area contributed by atoms with Crippen LogP contribution in [0.15, 0.2) is 71.1 Å². The van der Waals surface area contributed by atoms with Crippen LogP contribution in [0.4, 0.5) is 11.4 Å². The van der Waals surface area contributed by atoms with Gasteiger partial charge in [0.05, 0.1) is 28.6 Å². The van der Waals surface area contributed by atoms with Crippen molar-refractivity contribution >= 4 is 34.9 Å². The molecule has 1 fully saturated rings. The third-order valence-electron chi connectivity index (χ3n) is 7.34. The lowest BCUT2D eigenvalue weighted by Crippen LogP contribution is -2.47. The number of ether oxygens (including phenoxy) is 3. The number of halogens is 1. The van der Waals surface area contributed by atoms with Crippen LogP contribution < -0.4 is 10.2 Å². The first-order valence-corrected chi connectivity index (χ1v) is 14.1. The summed E-state index contributed by atoms with van der Waals surface area (Å²) in [5.41, 5.74) is 2.74. The lowest BCUT2D eigenvalue weighted by Gasteiger charge is -2.36. The molecule has 0 amide bonds. The number of esters is 2. The Bertz CT molecular complexity index is 1370. The maximum atomic E-state index is 13.6. The summed E-state index contributed by atoms with van der Waals surface area (Å²) in [6.07, 6.45) is 0. The van der Waals surface area contributed by atoms with Gasteiger partial charge in [0.15, 0.2) is 0 Å². The molecular formula is C30H35ClN4O7. The minimum atomic E-state index is -0.920. The van der Waals surface area contributed by atoms with E-state index in [0.29, 0.717) is 28.5 Å². The van der Waals surface area contributed by atoms with Gasteiger partial charge in [-0.15, -0.1) is 0 Å². The molecule has 12 heteroatoms. The summed E-state index contributed by atoms with van der Waals surface area (Å²) in [5, 5.41) is 15.3. The number of carbonyl (C=O) groups is 2. The Labute approximate surface area is 249 Å². The van der Waals surface area contributed by atoms with E-state index in [1.54, 1.807) is 19.9 Å². The van der Waals surface area contributed by atoms with Gasteiger partial charge in [-0.3, -0.25) is 15.0 Å². The number of hydrogen-bond acceptors (Lipinski definition) is 10. The molecule has 4 rings (SSSR count). The number of nitrogens with zero attached hydrogens (tertiary/aromatic N) is 3. The predicted octanol–water partition coefficient (Wildman–Crippen LogP) is 4.04. The zero-order chi connectivity index (χ0) is 30.2. The van der Waals surface area contributed by atoms with Gasteiger partial charge in [-0.2, -0.15) is 0 Å². The van der Waals surface area contributed by atoms with Crippen molar-refractivity contribution in [2.45, 2.75) is 19.8 Å². The molecule has 0 aromatic heterocycles. The van der Waals surface area contributed by atoms with Crippen LogP contribution in [0.2, 0.25) is 5.02 Å². The van der Waals surface area contributed by atoms with Crippen molar-refractivity contribution in [3.05, 3.63) is 91.8 Å². The van der Waals surface area contributed by atoms with E-state index in [0.717, 1.165) is 31.9 Å². The second-order valence-corrected chi connectivity index (χ2v) is 10.5. The van der Waals surface area contributed by atoms with Crippen LogP contribution in [0, 0.1) is 10.1 Å². The van der Waals surface area contributed by atoms with E-state index < -0.39 is 22.8 Å². The standard InChI is InChI=1S/C30H35ClN4O7/c1-20-26(29(36)41-16-15-33-11-13-34(14-12-33)24-9-7-23(31)8-10-24)28(22-5-4-6-25(19-22)35(38)39)27(21(2)32-20)30(37)42-18-17-40-3/h4-10,19,28,32H,11-18H2,1-3H3.